The summed E-state index contributed by atoms with van der Waals surface area (Å²) in [6.07, 6.45) is 5.68. The minimum Gasteiger partial charge on any atom is -0.333 e. The Bertz CT molecular complexity index is 801. The van der Waals surface area contributed by atoms with E-state index in [0.29, 0.717) is 10.0 Å². The molecule has 1 aromatic heterocycles. The highest BCUT2D eigenvalue weighted by molar-refractivity contribution is 7.99. The lowest BCUT2D eigenvalue weighted by Gasteiger charge is -2.25. The van der Waals surface area contributed by atoms with Crippen LogP contribution in [0.1, 0.15) is 29.3 Å². The van der Waals surface area contributed by atoms with Crippen molar-refractivity contribution in [2.45, 2.75) is 30.0 Å². The Morgan fingerprint density at radius 3 is 2.42 bits per heavy atom. The minimum atomic E-state index is 0.233. The van der Waals surface area contributed by atoms with Crippen molar-refractivity contribution in [2.24, 2.45) is 0 Å². The number of nitrogens with zero attached hydrogens (tertiary/aromatic N) is 2. The standard InChI is InChI=1S/C19H18Cl2N2S/c1-13-3-5-15(6-4-13)19(14(2)23-10-9-22-12-23)24-16-7-8-17(20)18(21)11-16/h3-12,14,19H,1-2H3. The monoisotopic (exact) mass is 376 g/mol. The van der Waals surface area contributed by atoms with Crippen LogP contribution in [0.5, 0.6) is 0 Å². The average Bonchev–Trinajstić information content (AvgIpc) is 3.11. The summed E-state index contributed by atoms with van der Waals surface area (Å²) in [5, 5.41) is 1.40. The SMILES string of the molecule is Cc1ccc(C(Sc2ccc(Cl)c(Cl)c2)C(C)n2ccnc2)cc1. The van der Waals surface area contributed by atoms with Crippen LogP contribution >= 0.6 is 35.0 Å². The molecule has 0 fully saturated rings. The van der Waals surface area contributed by atoms with E-state index in [1.54, 1.807) is 11.8 Å². The average molecular weight is 377 g/mol. The molecule has 0 amide bonds. The molecule has 0 spiro atoms. The quantitative estimate of drug-likeness (QED) is 0.467. The van der Waals surface area contributed by atoms with Crippen molar-refractivity contribution < 1.29 is 0 Å². The molecule has 2 nitrogen and oxygen atoms in total. The van der Waals surface area contributed by atoms with Crippen LogP contribution in [-0.2, 0) is 0 Å². The number of aryl methyl sites for hydroxylation is 1. The number of hydrogen-bond donors (Lipinski definition) is 0. The van der Waals surface area contributed by atoms with Crippen LogP contribution in [0.2, 0.25) is 10.0 Å². The van der Waals surface area contributed by atoms with Crippen molar-refractivity contribution in [3.8, 4) is 0 Å². The number of halogens is 2. The van der Waals surface area contributed by atoms with Crippen molar-refractivity contribution in [3.05, 3.63) is 82.4 Å². The molecule has 0 aliphatic heterocycles. The van der Waals surface area contributed by atoms with Crippen LogP contribution in [0.4, 0.5) is 0 Å². The smallest absolute Gasteiger partial charge is 0.0948 e. The van der Waals surface area contributed by atoms with Gasteiger partial charge in [0.1, 0.15) is 0 Å². The second kappa shape index (κ2) is 7.64. The molecule has 0 N–H and O–H groups in total. The molecule has 1 heterocycles. The Labute approximate surface area is 156 Å². The van der Waals surface area contributed by atoms with E-state index in [9.17, 15) is 0 Å². The highest BCUT2D eigenvalue weighted by Crippen LogP contribution is 2.44. The Kier molecular flexibility index (Phi) is 5.54. The first-order valence-electron chi connectivity index (χ1n) is 7.70. The van der Waals surface area contributed by atoms with Gasteiger partial charge in [0.2, 0.25) is 0 Å². The number of thioether (sulfide) groups is 1. The molecular weight excluding hydrogens is 359 g/mol. The summed E-state index contributed by atoms with van der Waals surface area (Å²) < 4.78 is 2.13. The van der Waals surface area contributed by atoms with E-state index in [2.05, 4.69) is 47.7 Å². The van der Waals surface area contributed by atoms with Gasteiger partial charge in [0, 0.05) is 23.3 Å². The summed E-state index contributed by atoms with van der Waals surface area (Å²) in [7, 11) is 0. The van der Waals surface area contributed by atoms with Gasteiger partial charge in [0.15, 0.2) is 0 Å². The van der Waals surface area contributed by atoms with E-state index in [4.69, 9.17) is 23.2 Å². The minimum absolute atomic E-state index is 0.233. The Balaban J connectivity index is 1.94. The predicted octanol–water partition coefficient (Wildman–Crippen LogP) is 6.59. The van der Waals surface area contributed by atoms with E-state index < -0.39 is 0 Å². The summed E-state index contributed by atoms with van der Waals surface area (Å²) in [6, 6.07) is 14.7. The second-order valence-electron chi connectivity index (χ2n) is 5.78. The number of aromatic nitrogens is 2. The molecule has 0 bridgehead atoms. The van der Waals surface area contributed by atoms with E-state index in [1.165, 1.54) is 11.1 Å². The Morgan fingerprint density at radius 1 is 1.04 bits per heavy atom. The largest absolute Gasteiger partial charge is 0.333 e. The molecule has 2 aromatic carbocycles. The molecule has 0 aliphatic rings. The molecule has 0 saturated carbocycles. The predicted molar refractivity (Wildman–Crippen MR) is 103 cm³/mol. The summed E-state index contributed by atoms with van der Waals surface area (Å²) in [6.45, 7) is 4.31. The van der Waals surface area contributed by atoms with E-state index >= 15 is 0 Å². The number of benzene rings is 2. The fraction of sp³-hybridized carbons (Fsp3) is 0.211. The number of rotatable bonds is 5. The van der Waals surface area contributed by atoms with Gasteiger partial charge in [-0.05, 0) is 37.6 Å². The normalized spacial score (nSPS) is 13.7. The zero-order valence-corrected chi connectivity index (χ0v) is 15.8. The zero-order chi connectivity index (χ0) is 17.1. The first-order valence-corrected chi connectivity index (χ1v) is 9.34. The zero-order valence-electron chi connectivity index (χ0n) is 13.5. The van der Waals surface area contributed by atoms with Crippen LogP contribution in [0.3, 0.4) is 0 Å². The van der Waals surface area contributed by atoms with Gasteiger partial charge in [-0.2, -0.15) is 0 Å². The lowest BCUT2D eigenvalue weighted by atomic mass is 10.0. The molecule has 3 rings (SSSR count). The van der Waals surface area contributed by atoms with Gasteiger partial charge in [0.25, 0.3) is 0 Å². The van der Waals surface area contributed by atoms with Crippen LogP contribution in [0.15, 0.2) is 66.1 Å². The van der Waals surface area contributed by atoms with Crippen molar-refractivity contribution >= 4 is 35.0 Å². The topological polar surface area (TPSA) is 17.8 Å². The second-order valence-corrected chi connectivity index (χ2v) is 7.80. The van der Waals surface area contributed by atoms with Crippen LogP contribution in [0, 0.1) is 6.92 Å². The number of hydrogen-bond acceptors (Lipinski definition) is 2. The molecule has 2 unspecified atom stereocenters. The lowest BCUT2D eigenvalue weighted by molar-refractivity contribution is 0.534. The van der Waals surface area contributed by atoms with Gasteiger partial charge in [-0.25, -0.2) is 4.98 Å². The fourth-order valence-electron chi connectivity index (χ4n) is 2.56. The lowest BCUT2D eigenvalue weighted by Crippen LogP contribution is -2.11. The molecule has 124 valence electrons. The van der Waals surface area contributed by atoms with Crippen LogP contribution in [0.25, 0.3) is 0 Å². The first kappa shape index (κ1) is 17.4. The third-order valence-electron chi connectivity index (χ3n) is 3.99. The highest BCUT2D eigenvalue weighted by atomic mass is 35.5. The summed E-state index contributed by atoms with van der Waals surface area (Å²) >= 11 is 14.0. The molecule has 0 saturated heterocycles. The molecule has 0 radical (unpaired) electrons. The van der Waals surface area contributed by atoms with Crippen molar-refractivity contribution in [3.63, 3.8) is 0 Å². The van der Waals surface area contributed by atoms with Crippen LogP contribution in [-0.4, -0.2) is 9.55 Å². The van der Waals surface area contributed by atoms with Crippen LogP contribution < -0.4 is 0 Å². The van der Waals surface area contributed by atoms with E-state index in [0.717, 1.165) is 4.90 Å². The van der Waals surface area contributed by atoms with E-state index in [-0.39, 0.29) is 11.3 Å². The third kappa shape index (κ3) is 3.97. The highest BCUT2D eigenvalue weighted by Gasteiger charge is 2.22. The molecule has 5 heteroatoms. The first-order chi connectivity index (χ1) is 11.5. The Morgan fingerprint density at radius 2 is 1.79 bits per heavy atom. The van der Waals surface area contributed by atoms with Gasteiger partial charge in [-0.15, -0.1) is 11.8 Å². The molecular formula is C19H18Cl2N2S. The maximum Gasteiger partial charge on any atom is 0.0948 e. The van der Waals surface area contributed by atoms with Gasteiger partial charge in [0.05, 0.1) is 21.6 Å². The third-order valence-corrected chi connectivity index (χ3v) is 6.18. The number of imidazole rings is 1. The summed E-state index contributed by atoms with van der Waals surface area (Å²) in [5.41, 5.74) is 2.53. The Hall–Kier alpha value is -1.42. The van der Waals surface area contributed by atoms with Crippen molar-refractivity contribution in [1.29, 1.82) is 0 Å². The maximum atomic E-state index is 6.18. The molecule has 3 aromatic rings. The van der Waals surface area contributed by atoms with Gasteiger partial charge >= 0.3 is 0 Å². The van der Waals surface area contributed by atoms with Crippen molar-refractivity contribution in [1.82, 2.24) is 9.55 Å². The molecule has 2 atom stereocenters. The summed E-state index contributed by atoms with van der Waals surface area (Å²) in [5.74, 6) is 0. The fourth-order valence-corrected chi connectivity index (χ4v) is 4.18. The van der Waals surface area contributed by atoms with E-state index in [1.807, 2.05) is 36.9 Å². The molecule has 24 heavy (non-hydrogen) atoms. The van der Waals surface area contributed by atoms with Gasteiger partial charge in [-0.3, -0.25) is 0 Å². The molecule has 0 aliphatic carbocycles. The summed E-state index contributed by atoms with van der Waals surface area (Å²) in [4.78, 5) is 5.28. The maximum absolute atomic E-state index is 6.18. The van der Waals surface area contributed by atoms with Crippen molar-refractivity contribution in [2.75, 3.05) is 0 Å². The van der Waals surface area contributed by atoms with Gasteiger partial charge in [-0.1, -0.05) is 53.0 Å². The van der Waals surface area contributed by atoms with Gasteiger partial charge < -0.3 is 4.57 Å².